The Bertz CT molecular complexity index is 532. The van der Waals surface area contributed by atoms with E-state index in [0.717, 1.165) is 0 Å². The molecular formula is C18H24. The molecule has 0 unspecified atom stereocenters. The lowest BCUT2D eigenvalue weighted by molar-refractivity contribution is 0.868. The average molecular weight is 240 g/mol. The summed E-state index contributed by atoms with van der Waals surface area (Å²) in [6.45, 7) is 13.6. The van der Waals surface area contributed by atoms with Crippen molar-refractivity contribution in [1.29, 1.82) is 0 Å². The molecule has 0 radical (unpaired) electrons. The van der Waals surface area contributed by atoms with Crippen LogP contribution in [0.3, 0.4) is 0 Å². The maximum Gasteiger partial charge on any atom is -0.0117 e. The lowest BCUT2D eigenvalue weighted by Gasteiger charge is -2.08. The summed E-state index contributed by atoms with van der Waals surface area (Å²) in [6, 6.07) is 9.31. The van der Waals surface area contributed by atoms with Gasteiger partial charge in [0.2, 0.25) is 0 Å². The molecule has 0 fully saturated rings. The standard InChI is InChI=1S/C18H24/c1-11(2)15-8-7-13(5)18-16(12(3)4)9-14(6)17(18)10-15/h7-12H,1-6H3. The second-order valence-corrected chi connectivity index (χ2v) is 6.04. The molecule has 0 saturated heterocycles. The summed E-state index contributed by atoms with van der Waals surface area (Å²) in [6.07, 6.45) is 0. The third kappa shape index (κ3) is 2.16. The molecule has 18 heavy (non-hydrogen) atoms. The van der Waals surface area contributed by atoms with E-state index in [2.05, 4.69) is 65.8 Å². The molecule has 0 heteroatoms. The van der Waals surface area contributed by atoms with Crippen LogP contribution in [0.15, 0.2) is 24.3 Å². The highest BCUT2D eigenvalue weighted by Gasteiger charge is 2.17. The van der Waals surface area contributed by atoms with Gasteiger partial charge in [-0.1, -0.05) is 52.0 Å². The van der Waals surface area contributed by atoms with Crippen LogP contribution in [0.2, 0.25) is 0 Å². The SMILES string of the molecule is Cc1cc(C(C)C)c2c(C)ccc(C(C)C)cc1-2. The van der Waals surface area contributed by atoms with Crippen molar-refractivity contribution in [3.05, 3.63) is 46.5 Å². The summed E-state index contributed by atoms with van der Waals surface area (Å²) in [7, 11) is 0. The Kier molecular flexibility index (Phi) is 3.47. The van der Waals surface area contributed by atoms with Crippen LogP contribution in [0.1, 0.15) is 61.8 Å². The van der Waals surface area contributed by atoms with Crippen molar-refractivity contribution >= 4 is 0 Å². The molecule has 96 valence electrons. The van der Waals surface area contributed by atoms with E-state index in [9.17, 15) is 0 Å². The Morgan fingerprint density at radius 3 is 2.00 bits per heavy atom. The average Bonchev–Trinajstić information content (AvgIpc) is 2.50. The van der Waals surface area contributed by atoms with Crippen molar-refractivity contribution in [2.75, 3.05) is 0 Å². The zero-order chi connectivity index (χ0) is 13.4. The second-order valence-electron chi connectivity index (χ2n) is 6.04. The quantitative estimate of drug-likeness (QED) is 0.636. The third-order valence-corrected chi connectivity index (χ3v) is 3.87. The first-order valence-corrected chi connectivity index (χ1v) is 6.95. The normalized spacial score (nSPS) is 11.8. The summed E-state index contributed by atoms with van der Waals surface area (Å²) < 4.78 is 0. The van der Waals surface area contributed by atoms with E-state index in [-0.39, 0.29) is 0 Å². The highest BCUT2D eigenvalue weighted by Crippen LogP contribution is 2.39. The van der Waals surface area contributed by atoms with Crippen LogP contribution in [-0.4, -0.2) is 0 Å². The molecule has 2 aliphatic rings. The Morgan fingerprint density at radius 1 is 0.778 bits per heavy atom. The van der Waals surface area contributed by atoms with Crippen LogP contribution in [0, 0.1) is 13.8 Å². The molecule has 0 aromatic rings. The van der Waals surface area contributed by atoms with Gasteiger partial charge < -0.3 is 0 Å². The van der Waals surface area contributed by atoms with Crippen LogP contribution in [0.25, 0.3) is 11.1 Å². The van der Waals surface area contributed by atoms with Gasteiger partial charge in [0.15, 0.2) is 0 Å². The zero-order valence-electron chi connectivity index (χ0n) is 12.5. The molecule has 0 N–H and O–H groups in total. The predicted molar refractivity (Wildman–Crippen MR) is 80.7 cm³/mol. The Morgan fingerprint density at radius 2 is 1.44 bits per heavy atom. The molecule has 0 nitrogen and oxygen atoms in total. The fourth-order valence-electron chi connectivity index (χ4n) is 2.70. The summed E-state index contributed by atoms with van der Waals surface area (Å²) in [4.78, 5) is 0. The first-order chi connectivity index (χ1) is 8.41. The van der Waals surface area contributed by atoms with E-state index < -0.39 is 0 Å². The largest absolute Gasteiger partial charge is 0.0587 e. The highest BCUT2D eigenvalue weighted by atomic mass is 14.2. The van der Waals surface area contributed by atoms with E-state index >= 15 is 0 Å². The summed E-state index contributed by atoms with van der Waals surface area (Å²) in [5.41, 5.74) is 8.63. The molecule has 0 aromatic carbocycles. The zero-order valence-corrected chi connectivity index (χ0v) is 12.5. The van der Waals surface area contributed by atoms with Gasteiger partial charge in [0.25, 0.3) is 0 Å². The molecule has 0 aromatic heterocycles. The number of rotatable bonds is 2. The Balaban J connectivity index is 2.75. The Hall–Kier alpha value is -1.30. The molecule has 0 spiro atoms. The maximum atomic E-state index is 2.38. The number of fused-ring (bicyclic) bond motifs is 1. The minimum atomic E-state index is 0.580. The summed E-state index contributed by atoms with van der Waals surface area (Å²) in [5.74, 6) is 1.17. The van der Waals surface area contributed by atoms with Crippen molar-refractivity contribution in [3.8, 4) is 11.1 Å². The topological polar surface area (TPSA) is 0 Å². The second kappa shape index (κ2) is 4.76. The molecule has 0 saturated carbocycles. The minimum absolute atomic E-state index is 0.580. The molecule has 2 rings (SSSR count). The van der Waals surface area contributed by atoms with Gasteiger partial charge in [-0.3, -0.25) is 0 Å². The smallest absolute Gasteiger partial charge is 0.0117 e. The summed E-state index contributed by atoms with van der Waals surface area (Å²) >= 11 is 0. The van der Waals surface area contributed by atoms with E-state index in [1.54, 1.807) is 0 Å². The fourth-order valence-corrected chi connectivity index (χ4v) is 2.70. The highest BCUT2D eigenvalue weighted by molar-refractivity contribution is 5.78. The maximum absolute atomic E-state index is 2.38. The van der Waals surface area contributed by atoms with Crippen molar-refractivity contribution in [1.82, 2.24) is 0 Å². The van der Waals surface area contributed by atoms with Crippen molar-refractivity contribution in [3.63, 3.8) is 0 Å². The molecule has 0 aliphatic heterocycles. The van der Waals surface area contributed by atoms with E-state index in [0.29, 0.717) is 11.8 Å². The van der Waals surface area contributed by atoms with Gasteiger partial charge in [-0.25, -0.2) is 0 Å². The first kappa shape index (κ1) is 13.1. The Labute approximate surface area is 111 Å². The van der Waals surface area contributed by atoms with E-state index in [4.69, 9.17) is 0 Å². The van der Waals surface area contributed by atoms with Crippen molar-refractivity contribution < 1.29 is 0 Å². The fraction of sp³-hybridized carbons (Fsp3) is 0.444. The monoisotopic (exact) mass is 240 g/mol. The molecule has 2 aliphatic carbocycles. The van der Waals surface area contributed by atoms with Crippen LogP contribution in [0.4, 0.5) is 0 Å². The van der Waals surface area contributed by atoms with Gasteiger partial charge in [-0.2, -0.15) is 0 Å². The minimum Gasteiger partial charge on any atom is -0.0587 e. The van der Waals surface area contributed by atoms with Gasteiger partial charge >= 0.3 is 0 Å². The molecule has 0 amide bonds. The molecule has 0 bridgehead atoms. The van der Waals surface area contributed by atoms with Crippen molar-refractivity contribution in [2.45, 2.75) is 53.4 Å². The predicted octanol–water partition coefficient (Wildman–Crippen LogP) is 5.66. The lowest BCUT2D eigenvalue weighted by atomic mass is 9.96. The number of aryl methyl sites for hydroxylation is 2. The van der Waals surface area contributed by atoms with Gasteiger partial charge in [-0.15, -0.1) is 0 Å². The van der Waals surface area contributed by atoms with Crippen LogP contribution >= 0.6 is 0 Å². The molecular weight excluding hydrogens is 216 g/mol. The van der Waals surface area contributed by atoms with Crippen LogP contribution < -0.4 is 0 Å². The van der Waals surface area contributed by atoms with Gasteiger partial charge in [0.05, 0.1) is 0 Å². The van der Waals surface area contributed by atoms with Crippen molar-refractivity contribution in [2.24, 2.45) is 0 Å². The third-order valence-electron chi connectivity index (χ3n) is 3.87. The van der Waals surface area contributed by atoms with E-state index in [1.165, 1.54) is 33.4 Å². The molecule has 0 heterocycles. The molecule has 0 atom stereocenters. The van der Waals surface area contributed by atoms with E-state index in [1.807, 2.05) is 0 Å². The van der Waals surface area contributed by atoms with Gasteiger partial charge in [-0.05, 0) is 59.1 Å². The van der Waals surface area contributed by atoms with Gasteiger partial charge in [0, 0.05) is 0 Å². The lowest BCUT2D eigenvalue weighted by Crippen LogP contribution is -1.88. The number of hydrogen-bond acceptors (Lipinski definition) is 0. The number of hydrogen-bond donors (Lipinski definition) is 0. The van der Waals surface area contributed by atoms with Crippen LogP contribution in [0.5, 0.6) is 0 Å². The summed E-state index contributed by atoms with van der Waals surface area (Å²) in [5, 5.41) is 0. The van der Waals surface area contributed by atoms with Crippen LogP contribution in [-0.2, 0) is 0 Å². The van der Waals surface area contributed by atoms with Gasteiger partial charge in [0.1, 0.15) is 0 Å². The first-order valence-electron chi connectivity index (χ1n) is 6.95.